The molecule has 1 aromatic rings. The third-order valence-electron chi connectivity index (χ3n) is 4.33. The smallest absolute Gasteiger partial charge is 0.381 e. The van der Waals surface area contributed by atoms with E-state index < -0.39 is 23.2 Å². The van der Waals surface area contributed by atoms with Gasteiger partial charge >= 0.3 is 51.4 Å². The fourth-order valence-corrected chi connectivity index (χ4v) is 18.4. The molecular formula is C21H46B2KO2PSi2. The van der Waals surface area contributed by atoms with Gasteiger partial charge in [0.05, 0.1) is 31.3 Å². The van der Waals surface area contributed by atoms with Gasteiger partial charge in [0, 0.05) is 31.7 Å². The average Bonchev–Trinajstić information content (AvgIpc) is 3.31. The van der Waals surface area contributed by atoms with Gasteiger partial charge in [-0.2, -0.15) is 0 Å². The molecule has 2 aliphatic rings. The summed E-state index contributed by atoms with van der Waals surface area (Å²) in [5, 5.41) is 1.85. The zero-order valence-corrected chi connectivity index (χ0v) is 24.9. The summed E-state index contributed by atoms with van der Waals surface area (Å²) in [6.45, 7) is 19.9. The normalized spacial score (nSPS) is 17.0. The van der Waals surface area contributed by atoms with E-state index in [4.69, 9.17) is 9.47 Å². The first-order valence-electron chi connectivity index (χ1n) is 10.1. The van der Waals surface area contributed by atoms with Crippen molar-refractivity contribution in [3.8, 4) is 0 Å². The Kier molecular flexibility index (Phi) is 15.7. The SMILES string of the molecule is C1CCOC1.C1CCOC1.[BH3-][P+]([BH3-])(c1ccccc1)C([Si](C)(C)C)[Si](C)(C)C.[K+]. The van der Waals surface area contributed by atoms with E-state index in [1.165, 1.54) is 30.6 Å². The summed E-state index contributed by atoms with van der Waals surface area (Å²) in [6.07, 6.45) is 5.11. The Bertz CT molecular complexity index is 505. The van der Waals surface area contributed by atoms with E-state index in [0.29, 0.717) is 15.1 Å². The number of hydrogen-bond donors (Lipinski definition) is 0. The van der Waals surface area contributed by atoms with Crippen molar-refractivity contribution in [3.63, 3.8) is 0 Å². The first-order chi connectivity index (χ1) is 13.0. The third-order valence-corrected chi connectivity index (χ3v) is 19.1. The summed E-state index contributed by atoms with van der Waals surface area (Å²) >= 11 is 0. The van der Waals surface area contributed by atoms with E-state index in [1.54, 1.807) is 0 Å². The minimum atomic E-state index is -1.00. The molecular weight excluding hydrogens is 432 g/mol. The number of rotatable bonds is 4. The van der Waals surface area contributed by atoms with Crippen LogP contribution in [0, 0.1) is 0 Å². The molecule has 2 nitrogen and oxygen atoms in total. The molecule has 29 heavy (non-hydrogen) atoms. The van der Waals surface area contributed by atoms with Crippen LogP contribution < -0.4 is 56.7 Å². The molecule has 3 rings (SSSR count). The van der Waals surface area contributed by atoms with E-state index in [-0.39, 0.29) is 51.4 Å². The van der Waals surface area contributed by atoms with Crippen molar-refractivity contribution in [1.82, 2.24) is 0 Å². The second kappa shape index (κ2) is 14.8. The van der Waals surface area contributed by atoms with Gasteiger partial charge in [-0.05, 0) is 42.7 Å². The van der Waals surface area contributed by atoms with Gasteiger partial charge in [-0.1, -0.05) is 57.5 Å². The monoisotopic (exact) mass is 478 g/mol. The Hall–Kier alpha value is 1.77. The van der Waals surface area contributed by atoms with Crippen LogP contribution in [0.2, 0.25) is 39.3 Å². The topological polar surface area (TPSA) is 18.5 Å². The molecule has 0 aliphatic carbocycles. The summed E-state index contributed by atoms with van der Waals surface area (Å²) in [6, 6.07) is 11.8. The molecule has 0 saturated carbocycles. The van der Waals surface area contributed by atoms with Crippen molar-refractivity contribution in [1.29, 1.82) is 0 Å². The van der Waals surface area contributed by atoms with E-state index in [1.807, 2.05) is 5.30 Å². The van der Waals surface area contributed by atoms with E-state index in [0.717, 1.165) is 26.4 Å². The minimum absolute atomic E-state index is 0. The van der Waals surface area contributed by atoms with Gasteiger partial charge in [0.25, 0.3) is 0 Å². The molecule has 0 aromatic heterocycles. The standard InChI is InChI=1S/C13H30B2PSi2.2C4H8O.K/c1-17(2,3)13(18(4,5)6)16(14,15)12-10-8-7-9-11-12;2*1-2-4-5-3-1;/h7-11,13H,1-6,14-15H3;2*1-4H2;/q-1;;;+1. The summed E-state index contributed by atoms with van der Waals surface area (Å²) < 4.78 is 9.89. The first-order valence-corrected chi connectivity index (χ1v) is 18.2. The van der Waals surface area contributed by atoms with Crippen molar-refractivity contribution in [2.75, 3.05) is 26.4 Å². The molecule has 2 fully saturated rings. The molecule has 0 radical (unpaired) electrons. The summed E-state index contributed by atoms with van der Waals surface area (Å²) in [5.74, 6) is 0. The maximum atomic E-state index is 4.94. The Morgan fingerprint density at radius 1 is 0.724 bits per heavy atom. The zero-order valence-electron chi connectivity index (χ0n) is 18.9. The average molecular weight is 478 g/mol. The molecule has 0 unspecified atom stereocenters. The second-order valence-corrected chi connectivity index (χ2v) is 22.7. The summed E-state index contributed by atoms with van der Waals surface area (Å²) in [7, 11) is -1.53. The molecule has 0 atom stereocenters. The van der Waals surface area contributed by atoms with Crippen molar-refractivity contribution in [2.45, 2.75) is 69.9 Å². The fourth-order valence-electron chi connectivity index (χ4n) is 3.37. The fraction of sp³-hybridized carbons (Fsp3) is 0.714. The van der Waals surface area contributed by atoms with Crippen LogP contribution >= 0.6 is 7.02 Å². The molecule has 0 bridgehead atoms. The van der Waals surface area contributed by atoms with Gasteiger partial charge in [-0.3, -0.25) is 0 Å². The molecule has 0 N–H and O–H groups in total. The maximum Gasteiger partial charge on any atom is 1.00 e. The number of hydrogen-bond acceptors (Lipinski definition) is 2. The van der Waals surface area contributed by atoms with Gasteiger partial charge in [0.2, 0.25) is 0 Å². The molecule has 2 saturated heterocycles. The summed E-state index contributed by atoms with van der Waals surface area (Å²) in [5.41, 5.74) is 0. The van der Waals surface area contributed by atoms with Gasteiger partial charge in [-0.15, -0.1) is 0 Å². The van der Waals surface area contributed by atoms with E-state index in [2.05, 4.69) is 69.6 Å². The molecule has 162 valence electrons. The van der Waals surface area contributed by atoms with Crippen molar-refractivity contribution >= 4 is 43.6 Å². The predicted octanol–water partition coefficient (Wildman–Crippen LogP) is 0.611. The Labute approximate surface area is 228 Å². The van der Waals surface area contributed by atoms with Crippen LogP contribution in [0.3, 0.4) is 0 Å². The van der Waals surface area contributed by atoms with Crippen LogP contribution in [0.4, 0.5) is 0 Å². The van der Waals surface area contributed by atoms with E-state index in [9.17, 15) is 0 Å². The number of benzene rings is 1. The van der Waals surface area contributed by atoms with Gasteiger partial charge in [-0.25, -0.2) is 0 Å². The van der Waals surface area contributed by atoms with Gasteiger partial charge < -0.3 is 16.5 Å². The largest absolute Gasteiger partial charge is 1.00 e. The van der Waals surface area contributed by atoms with Crippen molar-refractivity contribution in [2.24, 2.45) is 0 Å². The van der Waals surface area contributed by atoms with Gasteiger partial charge in [0.15, 0.2) is 0 Å². The van der Waals surface area contributed by atoms with Crippen molar-refractivity contribution in [3.05, 3.63) is 30.3 Å². The minimum Gasteiger partial charge on any atom is -0.381 e. The van der Waals surface area contributed by atoms with Crippen molar-refractivity contribution < 1.29 is 60.9 Å². The van der Waals surface area contributed by atoms with Crippen LogP contribution in [0.25, 0.3) is 0 Å². The van der Waals surface area contributed by atoms with Crippen LogP contribution in [0.1, 0.15) is 25.7 Å². The Morgan fingerprint density at radius 3 is 1.31 bits per heavy atom. The molecule has 0 spiro atoms. The molecule has 8 heteroatoms. The maximum absolute atomic E-state index is 4.94. The predicted molar refractivity (Wildman–Crippen MR) is 143 cm³/mol. The van der Waals surface area contributed by atoms with Crippen LogP contribution in [-0.2, 0) is 9.47 Å². The Morgan fingerprint density at radius 2 is 1.07 bits per heavy atom. The zero-order chi connectivity index (χ0) is 21.3. The van der Waals surface area contributed by atoms with E-state index >= 15 is 0 Å². The first kappa shape index (κ1) is 30.8. The van der Waals surface area contributed by atoms with Gasteiger partial charge in [0.1, 0.15) is 0 Å². The third kappa shape index (κ3) is 12.0. The molecule has 0 amide bonds. The Balaban J connectivity index is 0.000000575. The molecule has 2 heterocycles. The van der Waals surface area contributed by atoms with Crippen LogP contribution in [-0.4, -0.2) is 62.6 Å². The van der Waals surface area contributed by atoms with Crippen LogP contribution in [0.15, 0.2) is 30.3 Å². The summed E-state index contributed by atoms with van der Waals surface area (Å²) in [4.78, 5) is 1.22. The molecule has 1 aromatic carbocycles. The number of ether oxygens (including phenoxy) is 2. The second-order valence-electron chi connectivity index (χ2n) is 9.24. The quantitative estimate of drug-likeness (QED) is 0.467. The molecule has 2 aliphatic heterocycles. The van der Waals surface area contributed by atoms with Crippen LogP contribution in [0.5, 0.6) is 0 Å².